The van der Waals surface area contributed by atoms with Gasteiger partial charge in [0, 0.05) is 39.3 Å². The number of benzene rings is 8. The van der Waals surface area contributed by atoms with Gasteiger partial charge in [-0.1, -0.05) is 103 Å². The standard InChI is InChI=1S/C45H27N3/c1-3-12-30(13-4-1)47-38-25-21-29(27-37(38)44-40(47)19-10-26-46-44)33-23-24-35-34-22-20-28-11-7-8-16-32(28)41(34)36-17-9-18-39-42(36)43(35)45(33)48(39)31-14-5-2-6-15-31/h1-27H. The molecule has 0 aliphatic carbocycles. The maximum atomic E-state index is 4.91. The summed E-state index contributed by atoms with van der Waals surface area (Å²) in [5, 5.41) is 11.6. The summed E-state index contributed by atoms with van der Waals surface area (Å²) >= 11 is 0. The molecule has 0 spiro atoms. The van der Waals surface area contributed by atoms with Crippen molar-refractivity contribution in [1.29, 1.82) is 0 Å². The van der Waals surface area contributed by atoms with Crippen molar-refractivity contribution >= 4 is 76.1 Å². The highest BCUT2D eigenvalue weighted by Gasteiger charge is 2.24. The van der Waals surface area contributed by atoms with E-state index in [2.05, 4.69) is 161 Å². The Bertz CT molecular complexity index is 3040. The van der Waals surface area contributed by atoms with Crippen LogP contribution < -0.4 is 0 Å². The maximum absolute atomic E-state index is 4.91. The molecule has 0 aliphatic rings. The normalized spacial score (nSPS) is 12.2. The predicted molar refractivity (Wildman–Crippen MR) is 202 cm³/mol. The fourth-order valence-electron chi connectivity index (χ4n) is 8.34. The molecule has 0 atom stereocenters. The van der Waals surface area contributed by atoms with Crippen molar-refractivity contribution in [3.8, 4) is 22.5 Å². The number of hydrogen-bond acceptors (Lipinski definition) is 1. The average molecular weight is 610 g/mol. The second-order valence-electron chi connectivity index (χ2n) is 12.7. The van der Waals surface area contributed by atoms with Gasteiger partial charge in [-0.3, -0.25) is 4.98 Å². The molecular formula is C45H27N3. The minimum absolute atomic E-state index is 1.01. The molecule has 0 fully saturated rings. The molecule has 0 unspecified atom stereocenters. The highest BCUT2D eigenvalue weighted by molar-refractivity contribution is 6.39. The van der Waals surface area contributed by atoms with Gasteiger partial charge in [-0.15, -0.1) is 0 Å². The number of aromatic nitrogens is 3. The molecule has 3 aromatic heterocycles. The van der Waals surface area contributed by atoms with Crippen LogP contribution in [0, 0.1) is 0 Å². The van der Waals surface area contributed by atoms with Gasteiger partial charge in [-0.2, -0.15) is 0 Å². The van der Waals surface area contributed by atoms with E-state index in [-0.39, 0.29) is 0 Å². The van der Waals surface area contributed by atoms with Crippen LogP contribution in [0.25, 0.3) is 98.6 Å². The molecule has 0 saturated carbocycles. The van der Waals surface area contributed by atoms with Gasteiger partial charge in [-0.25, -0.2) is 0 Å². The van der Waals surface area contributed by atoms with Crippen LogP contribution in [0.3, 0.4) is 0 Å². The largest absolute Gasteiger partial charge is 0.309 e. The van der Waals surface area contributed by atoms with E-state index in [4.69, 9.17) is 4.98 Å². The van der Waals surface area contributed by atoms with Crippen molar-refractivity contribution < 1.29 is 0 Å². The van der Waals surface area contributed by atoms with Gasteiger partial charge in [0.25, 0.3) is 0 Å². The van der Waals surface area contributed by atoms with E-state index in [1.807, 2.05) is 12.3 Å². The Hall–Kier alpha value is -6.45. The first-order valence-electron chi connectivity index (χ1n) is 16.5. The maximum Gasteiger partial charge on any atom is 0.0963 e. The molecular weight excluding hydrogens is 583 g/mol. The molecule has 11 rings (SSSR count). The topological polar surface area (TPSA) is 22.8 Å². The molecule has 0 bridgehead atoms. The highest BCUT2D eigenvalue weighted by atomic mass is 15.0. The van der Waals surface area contributed by atoms with Crippen molar-refractivity contribution in [3.63, 3.8) is 0 Å². The summed E-state index contributed by atoms with van der Waals surface area (Å²) in [4.78, 5) is 4.91. The van der Waals surface area contributed by atoms with Crippen molar-refractivity contribution in [2.75, 3.05) is 0 Å². The Morgan fingerprint density at radius 3 is 1.96 bits per heavy atom. The van der Waals surface area contributed by atoms with Crippen LogP contribution in [-0.4, -0.2) is 14.1 Å². The van der Waals surface area contributed by atoms with Crippen LogP contribution in [-0.2, 0) is 0 Å². The second kappa shape index (κ2) is 9.54. The summed E-state index contributed by atoms with van der Waals surface area (Å²) in [5.74, 6) is 0. The van der Waals surface area contributed by atoms with Gasteiger partial charge in [0.15, 0.2) is 0 Å². The van der Waals surface area contributed by atoms with E-state index >= 15 is 0 Å². The number of rotatable bonds is 3. The van der Waals surface area contributed by atoms with Gasteiger partial charge in [0.2, 0.25) is 0 Å². The van der Waals surface area contributed by atoms with Gasteiger partial charge < -0.3 is 9.13 Å². The molecule has 0 amide bonds. The van der Waals surface area contributed by atoms with Gasteiger partial charge in [0.1, 0.15) is 0 Å². The number of pyridine rings is 1. The molecule has 8 aromatic carbocycles. The zero-order chi connectivity index (χ0) is 31.3. The minimum atomic E-state index is 1.01. The van der Waals surface area contributed by atoms with Gasteiger partial charge >= 0.3 is 0 Å². The van der Waals surface area contributed by atoms with E-state index in [0.717, 1.165) is 33.3 Å². The van der Waals surface area contributed by atoms with Crippen LogP contribution in [0.5, 0.6) is 0 Å². The fraction of sp³-hybridized carbons (Fsp3) is 0. The first-order valence-corrected chi connectivity index (χ1v) is 16.5. The average Bonchev–Trinajstić information content (AvgIpc) is 3.68. The Morgan fingerprint density at radius 2 is 1.10 bits per heavy atom. The lowest BCUT2D eigenvalue weighted by molar-refractivity contribution is 1.17. The first-order chi connectivity index (χ1) is 23.8. The molecule has 0 N–H and O–H groups in total. The molecule has 0 saturated heterocycles. The van der Waals surface area contributed by atoms with Crippen LogP contribution in [0.15, 0.2) is 164 Å². The number of hydrogen-bond donors (Lipinski definition) is 0. The molecule has 3 nitrogen and oxygen atoms in total. The van der Waals surface area contributed by atoms with Gasteiger partial charge in [-0.05, 0) is 92.5 Å². The quantitative estimate of drug-likeness (QED) is 0.183. The van der Waals surface area contributed by atoms with E-state index in [0.29, 0.717) is 0 Å². The summed E-state index contributed by atoms with van der Waals surface area (Å²) in [6.07, 6.45) is 1.90. The lowest BCUT2D eigenvalue weighted by Crippen LogP contribution is -1.95. The fourth-order valence-corrected chi connectivity index (χ4v) is 8.34. The van der Waals surface area contributed by atoms with Gasteiger partial charge in [0.05, 0.1) is 27.6 Å². The van der Waals surface area contributed by atoms with E-state index in [9.17, 15) is 0 Å². The zero-order valence-corrected chi connectivity index (χ0v) is 25.9. The third-order valence-electron chi connectivity index (χ3n) is 10.3. The highest BCUT2D eigenvalue weighted by Crippen LogP contribution is 2.48. The molecule has 3 heteroatoms. The molecule has 0 radical (unpaired) electrons. The monoisotopic (exact) mass is 609 g/mol. The van der Waals surface area contributed by atoms with E-state index in [1.165, 1.54) is 65.3 Å². The first kappa shape index (κ1) is 25.7. The smallest absolute Gasteiger partial charge is 0.0963 e. The summed E-state index contributed by atoms with van der Waals surface area (Å²) < 4.78 is 4.81. The zero-order valence-electron chi connectivity index (χ0n) is 25.9. The van der Waals surface area contributed by atoms with Crippen molar-refractivity contribution in [2.45, 2.75) is 0 Å². The molecule has 48 heavy (non-hydrogen) atoms. The van der Waals surface area contributed by atoms with Crippen LogP contribution in [0.1, 0.15) is 0 Å². The van der Waals surface area contributed by atoms with Crippen LogP contribution >= 0.6 is 0 Å². The molecule has 222 valence electrons. The third kappa shape index (κ3) is 3.35. The molecule has 11 aromatic rings. The molecule has 3 heterocycles. The summed E-state index contributed by atoms with van der Waals surface area (Å²) in [5.41, 5.74) is 10.4. The van der Waals surface area contributed by atoms with Crippen molar-refractivity contribution in [1.82, 2.24) is 14.1 Å². The Labute approximate surface area is 275 Å². The summed E-state index contributed by atoms with van der Waals surface area (Å²) in [7, 11) is 0. The Kier molecular flexibility index (Phi) is 5.11. The Morgan fingerprint density at radius 1 is 0.396 bits per heavy atom. The third-order valence-corrected chi connectivity index (χ3v) is 10.3. The second-order valence-corrected chi connectivity index (χ2v) is 12.7. The summed E-state index contributed by atoms with van der Waals surface area (Å²) in [6.45, 7) is 0. The van der Waals surface area contributed by atoms with Crippen LogP contribution in [0.2, 0.25) is 0 Å². The number of para-hydroxylation sites is 2. The Balaban J connectivity index is 1.30. The summed E-state index contributed by atoms with van der Waals surface area (Å²) in [6, 6.07) is 57.4. The minimum Gasteiger partial charge on any atom is -0.309 e. The molecule has 0 aliphatic heterocycles. The van der Waals surface area contributed by atoms with Crippen molar-refractivity contribution in [2.24, 2.45) is 0 Å². The SMILES string of the molecule is c1ccc(-n2c3ccc(-c4ccc5c6ccc7ccccc7c6c6cccc7c6c5c4n7-c4ccccc4)cc3c3ncccc32)cc1. The number of nitrogens with zero attached hydrogens (tertiary/aromatic N) is 3. The van der Waals surface area contributed by atoms with Crippen molar-refractivity contribution in [3.05, 3.63) is 164 Å². The lowest BCUT2D eigenvalue weighted by atomic mass is 9.89. The van der Waals surface area contributed by atoms with E-state index in [1.54, 1.807) is 0 Å². The van der Waals surface area contributed by atoms with Crippen LogP contribution in [0.4, 0.5) is 0 Å². The predicted octanol–water partition coefficient (Wildman–Crippen LogP) is 11.8. The van der Waals surface area contributed by atoms with E-state index < -0.39 is 0 Å². The number of fused-ring (bicyclic) bond motifs is 8. The lowest BCUT2D eigenvalue weighted by Gasteiger charge is -2.14.